The molecule has 28 heavy (non-hydrogen) atoms. The summed E-state index contributed by atoms with van der Waals surface area (Å²) in [6, 6.07) is 8.40. The second-order valence-corrected chi connectivity index (χ2v) is 6.02. The van der Waals surface area contributed by atoms with Gasteiger partial charge in [-0.15, -0.1) is 11.3 Å². The van der Waals surface area contributed by atoms with Crippen LogP contribution >= 0.6 is 11.3 Å². The number of alkyl halides is 2. The Morgan fingerprint density at radius 3 is 2.46 bits per heavy atom. The molecule has 2 aromatic rings. The van der Waals surface area contributed by atoms with Crippen LogP contribution in [0.25, 0.3) is 0 Å². The fourth-order valence-corrected chi connectivity index (χ4v) is 2.55. The minimum atomic E-state index is -3.12. The van der Waals surface area contributed by atoms with Crippen LogP contribution in [0.4, 0.5) is 8.78 Å². The van der Waals surface area contributed by atoms with E-state index in [0.29, 0.717) is 4.88 Å². The van der Waals surface area contributed by atoms with Crippen LogP contribution in [0.15, 0.2) is 41.8 Å². The summed E-state index contributed by atoms with van der Waals surface area (Å²) in [6.07, 6.45) is 0. The van der Waals surface area contributed by atoms with E-state index >= 15 is 0 Å². The topological polar surface area (TPSA) is 111 Å². The molecule has 0 aliphatic heterocycles. The first-order valence-electron chi connectivity index (χ1n) is 7.72. The summed E-state index contributed by atoms with van der Waals surface area (Å²) in [5.41, 5.74) is -0.199. The zero-order chi connectivity index (χ0) is 20.5. The van der Waals surface area contributed by atoms with E-state index in [9.17, 15) is 28.0 Å². The molecule has 3 amide bonds. The van der Waals surface area contributed by atoms with Gasteiger partial charge in [0.1, 0.15) is 12.3 Å². The Hall–Kier alpha value is -3.34. The van der Waals surface area contributed by atoms with Crippen molar-refractivity contribution in [3.63, 3.8) is 0 Å². The van der Waals surface area contributed by atoms with Crippen molar-refractivity contribution in [3.8, 4) is 5.75 Å². The molecule has 0 radical (unpaired) electrons. The van der Waals surface area contributed by atoms with Crippen LogP contribution in [-0.4, -0.2) is 43.5 Å². The molecule has 0 bridgehead atoms. The zero-order valence-electron chi connectivity index (χ0n) is 14.1. The van der Waals surface area contributed by atoms with Crippen molar-refractivity contribution in [1.82, 2.24) is 10.6 Å². The summed E-state index contributed by atoms with van der Waals surface area (Å²) >= 11 is 1.13. The van der Waals surface area contributed by atoms with E-state index in [1.807, 2.05) is 5.32 Å². The maximum absolute atomic E-state index is 12.3. The maximum Gasteiger partial charge on any atom is 0.387 e. The quantitative estimate of drug-likeness (QED) is 0.637. The molecule has 1 aromatic heterocycles. The molecule has 2 N–H and O–H groups in total. The van der Waals surface area contributed by atoms with Gasteiger partial charge in [0.15, 0.2) is 6.61 Å². The molecule has 8 nitrogen and oxygen atoms in total. The Kier molecular flexibility index (Phi) is 7.57. The van der Waals surface area contributed by atoms with E-state index in [2.05, 4.69) is 14.8 Å². The van der Waals surface area contributed by atoms with E-state index in [4.69, 9.17) is 0 Å². The van der Waals surface area contributed by atoms with Crippen molar-refractivity contribution in [2.45, 2.75) is 6.61 Å². The van der Waals surface area contributed by atoms with Crippen molar-refractivity contribution in [3.05, 3.63) is 52.2 Å². The second kappa shape index (κ2) is 10.1. The summed E-state index contributed by atoms with van der Waals surface area (Å²) in [5.74, 6) is -3.62. The molecular weight excluding hydrogens is 398 g/mol. The van der Waals surface area contributed by atoms with E-state index < -0.39 is 43.5 Å². The van der Waals surface area contributed by atoms with Gasteiger partial charge in [-0.05, 0) is 23.6 Å². The zero-order valence-corrected chi connectivity index (χ0v) is 15.0. The summed E-state index contributed by atoms with van der Waals surface area (Å²) < 4.78 is 33.6. The molecule has 0 saturated heterocycles. The number of ether oxygens (including phenoxy) is 2. The minimum absolute atomic E-state index is 0.199. The Morgan fingerprint density at radius 2 is 1.79 bits per heavy atom. The summed E-state index contributed by atoms with van der Waals surface area (Å²) in [6.45, 7) is -4.46. The molecule has 0 atom stereocenters. The molecule has 1 heterocycles. The number of imide groups is 1. The molecular formula is C17H14F2N2O6S. The van der Waals surface area contributed by atoms with Crippen LogP contribution in [-0.2, 0) is 14.3 Å². The third-order valence-corrected chi connectivity index (χ3v) is 3.97. The normalized spacial score (nSPS) is 10.2. The van der Waals surface area contributed by atoms with Gasteiger partial charge in [0, 0.05) is 0 Å². The van der Waals surface area contributed by atoms with Crippen LogP contribution in [0.1, 0.15) is 20.0 Å². The number of carbonyl (C=O) groups excluding carboxylic acids is 4. The lowest BCUT2D eigenvalue weighted by atomic mass is 10.2. The number of nitrogens with one attached hydrogen (secondary N) is 2. The predicted molar refractivity (Wildman–Crippen MR) is 93.2 cm³/mol. The second-order valence-electron chi connectivity index (χ2n) is 5.07. The monoisotopic (exact) mass is 412 g/mol. The highest BCUT2D eigenvalue weighted by molar-refractivity contribution is 7.12. The van der Waals surface area contributed by atoms with Crippen molar-refractivity contribution >= 4 is 35.0 Å². The average Bonchev–Trinajstić information content (AvgIpc) is 3.19. The molecule has 0 fully saturated rings. The minimum Gasteiger partial charge on any atom is -0.454 e. The van der Waals surface area contributed by atoms with E-state index in [1.54, 1.807) is 11.4 Å². The van der Waals surface area contributed by atoms with E-state index in [0.717, 1.165) is 11.3 Å². The lowest BCUT2D eigenvalue weighted by Gasteiger charge is -2.10. The molecule has 0 saturated carbocycles. The molecule has 11 heteroatoms. The lowest BCUT2D eigenvalue weighted by Crippen LogP contribution is -2.36. The number of amides is 3. The van der Waals surface area contributed by atoms with Crippen molar-refractivity contribution < 1.29 is 37.4 Å². The Labute approximate surface area is 161 Å². The van der Waals surface area contributed by atoms with E-state index in [1.165, 1.54) is 30.3 Å². The van der Waals surface area contributed by atoms with Gasteiger partial charge in [-0.3, -0.25) is 24.5 Å². The maximum atomic E-state index is 12.3. The molecule has 0 unspecified atom stereocenters. The first-order valence-corrected chi connectivity index (χ1v) is 8.60. The SMILES string of the molecule is O=C(COC(=O)CNC(=O)c1ccccc1OC(F)F)NC(=O)c1cccs1. The van der Waals surface area contributed by atoms with Crippen LogP contribution < -0.4 is 15.4 Å². The number of para-hydroxylation sites is 1. The Morgan fingerprint density at radius 1 is 1.04 bits per heavy atom. The average molecular weight is 412 g/mol. The van der Waals surface area contributed by atoms with Crippen LogP contribution in [0.5, 0.6) is 5.75 Å². The summed E-state index contributed by atoms with van der Waals surface area (Å²) in [7, 11) is 0. The van der Waals surface area contributed by atoms with Gasteiger partial charge in [0.05, 0.1) is 10.4 Å². The molecule has 0 aliphatic rings. The molecule has 0 spiro atoms. The van der Waals surface area contributed by atoms with Gasteiger partial charge >= 0.3 is 12.6 Å². The third kappa shape index (κ3) is 6.43. The third-order valence-electron chi connectivity index (χ3n) is 3.10. The number of hydrogen-bond donors (Lipinski definition) is 2. The fraction of sp³-hybridized carbons (Fsp3) is 0.176. The molecule has 1 aromatic carbocycles. The van der Waals surface area contributed by atoms with Crippen molar-refractivity contribution in [2.75, 3.05) is 13.2 Å². The number of carbonyl (C=O) groups is 4. The van der Waals surface area contributed by atoms with Crippen LogP contribution in [0.2, 0.25) is 0 Å². The molecule has 2 rings (SSSR count). The number of benzene rings is 1. The van der Waals surface area contributed by atoms with Crippen molar-refractivity contribution in [1.29, 1.82) is 0 Å². The van der Waals surface area contributed by atoms with Gasteiger partial charge in [0.25, 0.3) is 17.7 Å². The smallest absolute Gasteiger partial charge is 0.387 e. The summed E-state index contributed by atoms with van der Waals surface area (Å²) in [5, 5.41) is 5.86. The Balaban J connectivity index is 1.77. The van der Waals surface area contributed by atoms with Crippen LogP contribution in [0, 0.1) is 0 Å². The highest BCUT2D eigenvalue weighted by Gasteiger charge is 2.17. The number of esters is 1. The van der Waals surface area contributed by atoms with Gasteiger partial charge < -0.3 is 14.8 Å². The predicted octanol–water partition coefficient (Wildman–Crippen LogP) is 1.58. The number of halogens is 2. The Bertz CT molecular complexity index is 857. The molecule has 148 valence electrons. The first kappa shape index (κ1) is 21.0. The van der Waals surface area contributed by atoms with Gasteiger partial charge in [0.2, 0.25) is 0 Å². The highest BCUT2D eigenvalue weighted by atomic mass is 32.1. The largest absolute Gasteiger partial charge is 0.454 e. The summed E-state index contributed by atoms with van der Waals surface area (Å²) in [4.78, 5) is 47.2. The highest BCUT2D eigenvalue weighted by Crippen LogP contribution is 2.19. The van der Waals surface area contributed by atoms with Crippen LogP contribution in [0.3, 0.4) is 0 Å². The van der Waals surface area contributed by atoms with Gasteiger partial charge in [-0.25, -0.2) is 0 Å². The fourth-order valence-electron chi connectivity index (χ4n) is 1.93. The lowest BCUT2D eigenvalue weighted by molar-refractivity contribution is -0.147. The van der Waals surface area contributed by atoms with Crippen molar-refractivity contribution in [2.24, 2.45) is 0 Å². The number of rotatable bonds is 8. The van der Waals surface area contributed by atoms with Gasteiger partial charge in [-0.2, -0.15) is 8.78 Å². The first-order chi connectivity index (χ1) is 13.4. The number of hydrogen-bond acceptors (Lipinski definition) is 7. The number of thiophene rings is 1. The standard InChI is InChI=1S/C17H14F2N2O6S/c18-17(19)27-11-5-2-1-4-10(11)15(24)20-8-14(23)26-9-13(22)21-16(25)12-6-3-7-28-12/h1-7,17H,8-9H2,(H,20,24)(H,21,22,25). The van der Waals surface area contributed by atoms with Gasteiger partial charge in [-0.1, -0.05) is 18.2 Å². The van der Waals surface area contributed by atoms with E-state index in [-0.39, 0.29) is 11.3 Å². The molecule has 0 aliphatic carbocycles.